The lowest BCUT2D eigenvalue weighted by Crippen LogP contribution is -2.39. The third-order valence-corrected chi connectivity index (χ3v) is 5.43. The van der Waals surface area contributed by atoms with Crippen molar-refractivity contribution in [3.05, 3.63) is 34.6 Å². The lowest BCUT2D eigenvalue weighted by Gasteiger charge is -2.32. The molecule has 1 unspecified atom stereocenters. The van der Waals surface area contributed by atoms with Crippen LogP contribution in [0.25, 0.3) is 0 Å². The highest BCUT2D eigenvalue weighted by Gasteiger charge is 2.39. The Morgan fingerprint density at radius 2 is 2.07 bits per heavy atom. The molecule has 1 aliphatic heterocycles. The standard InChI is InChI=1S/C18H21ClF3N3O3/c19-12-7-10(1-2-13(12)20)15(25-8-14(16(23)26)24-17(25)27)9-28-11-3-5-18(21,22)6-4-11/h1-2,7,11,14-15H,3-6,8-9H2,(H2,23,26)(H,24,27)/t14?,15-/m1/s1. The first-order valence-electron chi connectivity index (χ1n) is 8.97. The average molecular weight is 420 g/mol. The molecular weight excluding hydrogens is 399 g/mol. The number of rotatable bonds is 6. The van der Waals surface area contributed by atoms with E-state index in [1.807, 2.05) is 0 Å². The Labute approximate surface area is 165 Å². The number of carbonyl (C=O) groups excluding carboxylic acids is 2. The average Bonchev–Trinajstić information content (AvgIpc) is 3.01. The van der Waals surface area contributed by atoms with Crippen LogP contribution in [0.15, 0.2) is 18.2 Å². The van der Waals surface area contributed by atoms with Crippen molar-refractivity contribution >= 4 is 23.5 Å². The fourth-order valence-corrected chi connectivity index (χ4v) is 3.67. The fourth-order valence-electron chi connectivity index (χ4n) is 3.48. The van der Waals surface area contributed by atoms with Gasteiger partial charge in [0.1, 0.15) is 11.9 Å². The Morgan fingerprint density at radius 1 is 1.39 bits per heavy atom. The zero-order valence-electron chi connectivity index (χ0n) is 15.0. The van der Waals surface area contributed by atoms with Crippen LogP contribution < -0.4 is 11.1 Å². The quantitative estimate of drug-likeness (QED) is 0.743. The minimum absolute atomic E-state index is 0.00288. The van der Waals surface area contributed by atoms with Gasteiger partial charge in [-0.3, -0.25) is 4.79 Å². The molecule has 3 amide bonds. The highest BCUT2D eigenvalue weighted by molar-refractivity contribution is 6.30. The van der Waals surface area contributed by atoms with E-state index < -0.39 is 35.8 Å². The van der Waals surface area contributed by atoms with Gasteiger partial charge in [-0.15, -0.1) is 0 Å². The maximum absolute atomic E-state index is 13.5. The summed E-state index contributed by atoms with van der Waals surface area (Å²) in [6.07, 6.45) is -0.451. The second-order valence-electron chi connectivity index (χ2n) is 7.13. The van der Waals surface area contributed by atoms with Crippen LogP contribution in [0, 0.1) is 5.82 Å². The van der Waals surface area contributed by atoms with E-state index in [4.69, 9.17) is 22.1 Å². The van der Waals surface area contributed by atoms with Crippen molar-refractivity contribution < 1.29 is 27.5 Å². The lowest BCUT2D eigenvalue weighted by atomic mass is 9.94. The number of benzene rings is 1. The summed E-state index contributed by atoms with van der Waals surface area (Å²) in [5, 5.41) is 2.36. The maximum Gasteiger partial charge on any atom is 0.318 e. The molecule has 6 nitrogen and oxygen atoms in total. The normalized spacial score (nSPS) is 23.5. The molecule has 1 aromatic carbocycles. The van der Waals surface area contributed by atoms with Gasteiger partial charge < -0.3 is 20.7 Å². The van der Waals surface area contributed by atoms with Gasteiger partial charge in [-0.1, -0.05) is 17.7 Å². The first-order chi connectivity index (χ1) is 13.2. The number of hydrogen-bond donors (Lipinski definition) is 2. The summed E-state index contributed by atoms with van der Waals surface area (Å²) in [7, 11) is 0. The summed E-state index contributed by atoms with van der Waals surface area (Å²) >= 11 is 5.87. The Balaban J connectivity index is 1.76. The third-order valence-electron chi connectivity index (χ3n) is 5.14. The van der Waals surface area contributed by atoms with E-state index in [1.54, 1.807) is 0 Å². The predicted molar refractivity (Wildman–Crippen MR) is 95.5 cm³/mol. The van der Waals surface area contributed by atoms with E-state index in [0.29, 0.717) is 5.56 Å². The number of primary amides is 1. The highest BCUT2D eigenvalue weighted by atomic mass is 35.5. The SMILES string of the molecule is NC(=O)C1CN([C@H](COC2CCC(F)(F)CC2)c2ccc(F)c(Cl)c2)C(=O)N1. The smallest absolute Gasteiger partial charge is 0.318 e. The summed E-state index contributed by atoms with van der Waals surface area (Å²) in [5.41, 5.74) is 5.78. The van der Waals surface area contributed by atoms with Crippen LogP contribution in [-0.4, -0.2) is 48.1 Å². The Kier molecular flexibility index (Phi) is 6.04. The molecule has 3 rings (SSSR count). The number of carbonyl (C=O) groups is 2. The minimum Gasteiger partial charge on any atom is -0.376 e. The van der Waals surface area contributed by atoms with E-state index >= 15 is 0 Å². The first kappa shape index (κ1) is 20.7. The fraction of sp³-hybridized carbons (Fsp3) is 0.556. The molecule has 154 valence electrons. The molecule has 1 saturated carbocycles. The molecule has 2 atom stereocenters. The van der Waals surface area contributed by atoms with Crippen molar-refractivity contribution in [3.63, 3.8) is 0 Å². The molecule has 0 bridgehead atoms. The van der Waals surface area contributed by atoms with Crippen LogP contribution in [0.1, 0.15) is 37.3 Å². The van der Waals surface area contributed by atoms with Gasteiger partial charge >= 0.3 is 6.03 Å². The molecule has 10 heteroatoms. The summed E-state index contributed by atoms with van der Waals surface area (Å²) in [6.45, 7) is 0.0109. The molecule has 0 spiro atoms. The number of alkyl halides is 2. The predicted octanol–water partition coefficient (Wildman–Crippen LogP) is 2.99. The molecule has 28 heavy (non-hydrogen) atoms. The van der Waals surface area contributed by atoms with Gasteiger partial charge in [0.2, 0.25) is 11.8 Å². The van der Waals surface area contributed by atoms with Gasteiger partial charge in [-0.2, -0.15) is 0 Å². The van der Waals surface area contributed by atoms with E-state index in [9.17, 15) is 22.8 Å². The van der Waals surface area contributed by atoms with Gasteiger partial charge in [0.25, 0.3) is 0 Å². The largest absolute Gasteiger partial charge is 0.376 e. The molecule has 1 saturated heterocycles. The zero-order chi connectivity index (χ0) is 20.5. The second-order valence-corrected chi connectivity index (χ2v) is 7.54. The summed E-state index contributed by atoms with van der Waals surface area (Å²) < 4.78 is 46.0. The number of nitrogens with one attached hydrogen (secondary N) is 1. The topological polar surface area (TPSA) is 84.7 Å². The highest BCUT2D eigenvalue weighted by Crippen LogP contribution is 2.35. The van der Waals surface area contributed by atoms with Gasteiger partial charge in [-0.05, 0) is 30.5 Å². The van der Waals surface area contributed by atoms with Crippen molar-refractivity contribution in [2.75, 3.05) is 13.2 Å². The molecule has 1 aromatic rings. The summed E-state index contributed by atoms with van der Waals surface area (Å²) in [4.78, 5) is 25.1. The maximum atomic E-state index is 13.5. The number of halogens is 4. The number of nitrogens with two attached hydrogens (primary N) is 1. The van der Waals surface area contributed by atoms with Gasteiger partial charge in [0.15, 0.2) is 0 Å². The molecule has 2 aliphatic rings. The Bertz CT molecular complexity index is 755. The van der Waals surface area contributed by atoms with Crippen LogP contribution in [0.4, 0.5) is 18.0 Å². The molecular formula is C18H21ClF3N3O3. The van der Waals surface area contributed by atoms with Crippen LogP contribution in [0.3, 0.4) is 0 Å². The summed E-state index contributed by atoms with van der Waals surface area (Å²) in [5.74, 6) is -3.96. The number of ether oxygens (including phenoxy) is 1. The van der Waals surface area contributed by atoms with Crippen LogP contribution in [0.5, 0.6) is 0 Å². The van der Waals surface area contributed by atoms with E-state index in [-0.39, 0.29) is 50.0 Å². The van der Waals surface area contributed by atoms with E-state index in [1.165, 1.54) is 23.1 Å². The molecule has 0 radical (unpaired) electrons. The lowest BCUT2D eigenvalue weighted by molar-refractivity contribution is -0.119. The number of amides is 3. The van der Waals surface area contributed by atoms with Gasteiger partial charge in [0, 0.05) is 12.8 Å². The van der Waals surface area contributed by atoms with E-state index in [0.717, 1.165) is 0 Å². The molecule has 1 heterocycles. The number of urea groups is 1. The first-order valence-corrected chi connectivity index (χ1v) is 9.35. The number of hydrogen-bond acceptors (Lipinski definition) is 3. The Morgan fingerprint density at radius 3 is 2.64 bits per heavy atom. The zero-order valence-corrected chi connectivity index (χ0v) is 15.7. The van der Waals surface area contributed by atoms with Gasteiger partial charge in [-0.25, -0.2) is 18.0 Å². The van der Waals surface area contributed by atoms with Gasteiger partial charge in [0.05, 0.1) is 30.3 Å². The van der Waals surface area contributed by atoms with Crippen LogP contribution in [-0.2, 0) is 9.53 Å². The minimum atomic E-state index is -2.67. The van der Waals surface area contributed by atoms with E-state index in [2.05, 4.69) is 5.32 Å². The number of nitrogens with zero attached hydrogens (tertiary/aromatic N) is 1. The van der Waals surface area contributed by atoms with Crippen molar-refractivity contribution in [2.45, 2.75) is 49.8 Å². The monoisotopic (exact) mass is 419 g/mol. The van der Waals surface area contributed by atoms with Crippen molar-refractivity contribution in [1.82, 2.24) is 10.2 Å². The third kappa shape index (κ3) is 4.70. The van der Waals surface area contributed by atoms with Crippen molar-refractivity contribution in [2.24, 2.45) is 5.73 Å². The second kappa shape index (κ2) is 8.16. The molecule has 1 aliphatic carbocycles. The summed E-state index contributed by atoms with van der Waals surface area (Å²) in [6, 6.07) is 1.96. The van der Waals surface area contributed by atoms with Crippen molar-refractivity contribution in [1.29, 1.82) is 0 Å². The van der Waals surface area contributed by atoms with Crippen LogP contribution >= 0.6 is 11.6 Å². The van der Waals surface area contributed by atoms with Crippen molar-refractivity contribution in [3.8, 4) is 0 Å². The Hall–Kier alpha value is -2.00. The molecule has 0 aromatic heterocycles. The van der Waals surface area contributed by atoms with Crippen LogP contribution in [0.2, 0.25) is 5.02 Å². The molecule has 3 N–H and O–H groups in total. The molecule has 2 fully saturated rings.